The molecule has 0 unspecified atom stereocenters. The van der Waals surface area contributed by atoms with Gasteiger partial charge < -0.3 is 34.1 Å². The summed E-state index contributed by atoms with van der Waals surface area (Å²) < 4.78 is 28.6. The Morgan fingerprint density at radius 3 is 2.28 bits per heavy atom. The number of amides is 1. The Morgan fingerprint density at radius 1 is 1.28 bits per heavy atom. The number of hydrogen-bond acceptors (Lipinski definition) is 8. The van der Waals surface area contributed by atoms with Crippen LogP contribution in [0, 0.1) is 0 Å². The van der Waals surface area contributed by atoms with Crippen LogP contribution in [0.15, 0.2) is 5.11 Å². The molecule has 2 rings (SSSR count). The van der Waals surface area contributed by atoms with Gasteiger partial charge in [-0.2, -0.15) is 0 Å². The van der Waals surface area contributed by atoms with Gasteiger partial charge in [-0.3, -0.25) is 4.79 Å². The van der Waals surface area contributed by atoms with Crippen LogP contribution in [0.4, 0.5) is 0 Å². The van der Waals surface area contributed by atoms with Crippen LogP contribution in [0.3, 0.4) is 0 Å². The van der Waals surface area contributed by atoms with Gasteiger partial charge in [0.1, 0.15) is 18.3 Å². The number of nitrogens with zero attached hydrogens (tertiary/aromatic N) is 3. The molecule has 142 valence electrons. The van der Waals surface area contributed by atoms with E-state index in [0.29, 0.717) is 0 Å². The van der Waals surface area contributed by atoms with E-state index in [4.69, 9.17) is 29.2 Å². The number of ether oxygens (including phenoxy) is 5. The van der Waals surface area contributed by atoms with Crippen LogP contribution < -0.4 is 5.32 Å². The topological polar surface area (TPSA) is 144 Å². The van der Waals surface area contributed by atoms with Crippen molar-refractivity contribution in [2.45, 2.75) is 62.9 Å². The van der Waals surface area contributed by atoms with Gasteiger partial charge >= 0.3 is 0 Å². The van der Waals surface area contributed by atoms with Crippen molar-refractivity contribution in [1.29, 1.82) is 0 Å². The van der Waals surface area contributed by atoms with Crippen LogP contribution in [0.25, 0.3) is 10.4 Å². The van der Waals surface area contributed by atoms with Crippen LogP contribution in [-0.4, -0.2) is 74.0 Å². The quantitative estimate of drug-likeness (QED) is 0.400. The molecule has 2 N–H and O–H groups in total. The van der Waals surface area contributed by atoms with Crippen molar-refractivity contribution in [3.05, 3.63) is 10.4 Å². The number of azide groups is 1. The third-order valence-electron chi connectivity index (χ3n) is 4.71. The molecule has 0 spiro atoms. The number of methoxy groups -OCH3 is 2. The van der Waals surface area contributed by atoms with Gasteiger partial charge in [-0.1, -0.05) is 5.11 Å². The summed E-state index contributed by atoms with van der Waals surface area (Å²) in [6.07, 6.45) is -3.52. The molecule has 0 aromatic carbocycles. The number of aliphatic hydroxyl groups is 1. The molecule has 1 amide bonds. The molecule has 0 aliphatic carbocycles. The lowest BCUT2D eigenvalue weighted by Gasteiger charge is -2.57. The molecule has 25 heavy (non-hydrogen) atoms. The van der Waals surface area contributed by atoms with Crippen molar-refractivity contribution in [2.24, 2.45) is 5.11 Å². The molecule has 7 atom stereocenters. The van der Waals surface area contributed by atoms with Gasteiger partial charge in [-0.25, -0.2) is 0 Å². The zero-order chi connectivity index (χ0) is 18.8. The number of fused-ring (bicyclic) bond motifs is 1. The molecule has 11 heteroatoms. The number of rotatable bonds is 5. The summed E-state index contributed by atoms with van der Waals surface area (Å²) in [4.78, 5) is 14.3. The molecule has 0 radical (unpaired) electrons. The molecule has 2 heterocycles. The maximum Gasteiger partial charge on any atom is 0.220 e. The fourth-order valence-electron chi connectivity index (χ4n) is 3.09. The first-order valence-electron chi connectivity index (χ1n) is 7.78. The Hall–Kier alpha value is -1.46. The number of carbonyl (C=O) groups is 1. The Bertz CT molecular complexity index is 557. The Balaban J connectivity index is 2.45. The van der Waals surface area contributed by atoms with Gasteiger partial charge in [-0.05, 0) is 19.4 Å². The van der Waals surface area contributed by atoms with Crippen LogP contribution in [0.5, 0.6) is 0 Å². The molecule has 2 aliphatic rings. The predicted octanol–water partition coefficient (Wildman–Crippen LogP) is 0.0278. The lowest BCUT2D eigenvalue weighted by Crippen LogP contribution is -2.74. The van der Waals surface area contributed by atoms with E-state index >= 15 is 0 Å². The van der Waals surface area contributed by atoms with Crippen molar-refractivity contribution in [3.63, 3.8) is 0 Å². The van der Waals surface area contributed by atoms with Crippen LogP contribution >= 0.6 is 0 Å². The Kier molecular flexibility index (Phi) is 5.89. The van der Waals surface area contributed by atoms with E-state index < -0.39 is 48.8 Å². The minimum Gasteiger partial charge on any atom is -0.394 e. The smallest absolute Gasteiger partial charge is 0.220 e. The standard InChI is InChI=1S/C14H24N4O7/c1-7(20)16-9-11-10(8(6-19)23-12(9)17-18-15)24-13(2,21-4)14(3,22-5)25-11/h8-12,19H,6H2,1-5H3,(H,16,20)/t8-,9-,10-,11-,12-,13-,14+/m1/s1. The van der Waals surface area contributed by atoms with Crippen molar-refractivity contribution < 1.29 is 33.6 Å². The van der Waals surface area contributed by atoms with E-state index in [1.807, 2.05) is 0 Å². The van der Waals surface area contributed by atoms with E-state index in [2.05, 4.69) is 15.3 Å². The number of hydrogen-bond donors (Lipinski definition) is 2. The van der Waals surface area contributed by atoms with Gasteiger partial charge in [0, 0.05) is 26.1 Å². The Labute approximate surface area is 145 Å². The summed E-state index contributed by atoms with van der Waals surface area (Å²) >= 11 is 0. The normalized spacial score (nSPS) is 43.7. The molecule has 2 aliphatic heterocycles. The molecule has 0 bridgehead atoms. The fraction of sp³-hybridized carbons (Fsp3) is 0.929. The van der Waals surface area contributed by atoms with Crippen molar-refractivity contribution in [3.8, 4) is 0 Å². The summed E-state index contributed by atoms with van der Waals surface area (Å²) in [7, 11) is 2.87. The summed E-state index contributed by atoms with van der Waals surface area (Å²) in [5.41, 5.74) is 8.78. The average molecular weight is 360 g/mol. The minimum atomic E-state index is -1.32. The molecule has 0 saturated carbocycles. The molecular weight excluding hydrogens is 336 g/mol. The summed E-state index contributed by atoms with van der Waals surface area (Å²) in [5, 5.41) is 15.9. The number of nitrogens with one attached hydrogen (secondary N) is 1. The van der Waals surface area contributed by atoms with Crippen LogP contribution in [0.2, 0.25) is 0 Å². The summed E-state index contributed by atoms with van der Waals surface area (Å²) in [5.74, 6) is -2.99. The highest BCUT2D eigenvalue weighted by Gasteiger charge is 2.62. The second-order valence-corrected chi connectivity index (χ2v) is 6.14. The zero-order valence-corrected chi connectivity index (χ0v) is 14.8. The van der Waals surface area contributed by atoms with E-state index in [0.717, 1.165) is 0 Å². The monoisotopic (exact) mass is 360 g/mol. The zero-order valence-electron chi connectivity index (χ0n) is 14.8. The molecular formula is C14H24N4O7. The minimum absolute atomic E-state index is 0.365. The molecule has 0 aromatic heterocycles. The first-order valence-corrected chi connectivity index (χ1v) is 7.78. The van der Waals surface area contributed by atoms with Crippen molar-refractivity contribution in [1.82, 2.24) is 5.32 Å². The molecule has 2 fully saturated rings. The fourth-order valence-corrected chi connectivity index (χ4v) is 3.09. The van der Waals surface area contributed by atoms with E-state index in [1.165, 1.54) is 21.1 Å². The molecule has 11 nitrogen and oxygen atoms in total. The third-order valence-corrected chi connectivity index (χ3v) is 4.71. The SMILES string of the molecule is CO[C@@]1(C)O[C@@H]2[C@@H](NC(C)=O)[C@H](N=[N+]=[N-])O[C@H](CO)[C@H]2O[C@@]1(C)OC. The maximum atomic E-state index is 11.6. The van der Waals surface area contributed by atoms with Gasteiger partial charge in [0.05, 0.1) is 12.6 Å². The van der Waals surface area contributed by atoms with Gasteiger partial charge in [0.15, 0.2) is 6.23 Å². The van der Waals surface area contributed by atoms with Gasteiger partial charge in [0.25, 0.3) is 0 Å². The summed E-state index contributed by atoms with van der Waals surface area (Å²) in [6, 6.07) is -0.836. The maximum absolute atomic E-state index is 11.6. The highest BCUT2D eigenvalue weighted by molar-refractivity contribution is 5.73. The van der Waals surface area contributed by atoms with Gasteiger partial charge in [0.2, 0.25) is 17.5 Å². The van der Waals surface area contributed by atoms with E-state index in [9.17, 15) is 9.90 Å². The largest absolute Gasteiger partial charge is 0.394 e. The van der Waals surface area contributed by atoms with Gasteiger partial charge in [-0.15, -0.1) is 0 Å². The third kappa shape index (κ3) is 3.44. The van der Waals surface area contributed by atoms with Crippen LogP contribution in [0.1, 0.15) is 20.8 Å². The number of aliphatic hydroxyl groups excluding tert-OH is 1. The average Bonchev–Trinajstić information content (AvgIpc) is 2.58. The highest BCUT2D eigenvalue weighted by Crippen LogP contribution is 2.43. The first-order chi connectivity index (χ1) is 11.7. The molecule has 0 aromatic rings. The second-order valence-electron chi connectivity index (χ2n) is 6.14. The number of carbonyl (C=O) groups excluding carboxylic acids is 1. The lowest BCUT2D eigenvalue weighted by atomic mass is 9.92. The van der Waals surface area contributed by atoms with Crippen molar-refractivity contribution in [2.75, 3.05) is 20.8 Å². The van der Waals surface area contributed by atoms with E-state index in [-0.39, 0.29) is 5.91 Å². The molecule has 2 saturated heterocycles. The van der Waals surface area contributed by atoms with Crippen LogP contribution in [-0.2, 0) is 28.5 Å². The lowest BCUT2D eigenvalue weighted by molar-refractivity contribution is -0.466. The first kappa shape index (κ1) is 19.9. The Morgan fingerprint density at radius 2 is 1.84 bits per heavy atom. The predicted molar refractivity (Wildman–Crippen MR) is 83.1 cm³/mol. The second kappa shape index (κ2) is 7.42. The summed E-state index contributed by atoms with van der Waals surface area (Å²) in [6.45, 7) is 4.18. The van der Waals surface area contributed by atoms with E-state index in [1.54, 1.807) is 13.8 Å². The highest BCUT2D eigenvalue weighted by atomic mass is 16.8. The van der Waals surface area contributed by atoms with Crippen molar-refractivity contribution >= 4 is 5.91 Å².